The van der Waals surface area contributed by atoms with Crippen LogP contribution in [0.25, 0.3) is 0 Å². The van der Waals surface area contributed by atoms with Gasteiger partial charge in [-0.05, 0) is 48.5 Å². The molecule has 0 bridgehead atoms. The molecule has 22 heavy (non-hydrogen) atoms. The van der Waals surface area contributed by atoms with Gasteiger partial charge in [0.25, 0.3) is 0 Å². The minimum absolute atomic E-state index is 0.296. The van der Waals surface area contributed by atoms with Gasteiger partial charge >= 0.3 is 0 Å². The highest BCUT2D eigenvalue weighted by atomic mass is 32.1. The first-order valence-corrected chi connectivity index (χ1v) is 9.17. The molecule has 0 spiro atoms. The van der Waals surface area contributed by atoms with Gasteiger partial charge in [-0.15, -0.1) is 0 Å². The summed E-state index contributed by atoms with van der Waals surface area (Å²) in [5, 5.41) is 7.81. The number of rotatable bonds is 5. The van der Waals surface area contributed by atoms with E-state index in [1.807, 2.05) is 0 Å². The zero-order valence-corrected chi connectivity index (χ0v) is 15.0. The third-order valence-electron chi connectivity index (χ3n) is 4.66. The van der Waals surface area contributed by atoms with E-state index in [9.17, 15) is 0 Å². The van der Waals surface area contributed by atoms with Gasteiger partial charge in [0.05, 0.1) is 6.04 Å². The van der Waals surface area contributed by atoms with Crippen molar-refractivity contribution >= 4 is 17.3 Å². The second-order valence-electron chi connectivity index (χ2n) is 6.73. The van der Waals surface area contributed by atoms with Crippen LogP contribution in [0.3, 0.4) is 0 Å². The topological polar surface area (TPSA) is 24.1 Å². The maximum atomic E-state index is 5.52. The Morgan fingerprint density at radius 3 is 2.23 bits per heavy atom. The Labute approximate surface area is 141 Å². The Balaban J connectivity index is 1.91. The molecular formula is C19H30N2S. The van der Waals surface area contributed by atoms with E-state index in [0.29, 0.717) is 18.0 Å². The molecule has 0 saturated heterocycles. The number of benzene rings is 1. The fraction of sp³-hybridized carbons (Fsp3) is 0.632. The van der Waals surface area contributed by atoms with Crippen LogP contribution < -0.4 is 10.6 Å². The van der Waals surface area contributed by atoms with Gasteiger partial charge in [0.2, 0.25) is 0 Å². The summed E-state index contributed by atoms with van der Waals surface area (Å²) in [5.74, 6) is 0.580. The van der Waals surface area contributed by atoms with Crippen LogP contribution in [0.5, 0.6) is 0 Å². The Morgan fingerprint density at radius 1 is 1.09 bits per heavy atom. The maximum Gasteiger partial charge on any atom is 0.166 e. The van der Waals surface area contributed by atoms with E-state index in [0.717, 1.165) is 11.5 Å². The molecule has 0 aromatic heterocycles. The highest BCUT2D eigenvalue weighted by Gasteiger charge is 2.16. The quantitative estimate of drug-likeness (QED) is 0.742. The van der Waals surface area contributed by atoms with Crippen molar-refractivity contribution < 1.29 is 0 Å². The van der Waals surface area contributed by atoms with E-state index in [4.69, 9.17) is 12.2 Å². The molecule has 0 unspecified atom stereocenters. The number of hydrogen-bond acceptors (Lipinski definition) is 1. The van der Waals surface area contributed by atoms with Gasteiger partial charge in [-0.25, -0.2) is 0 Å². The first-order valence-electron chi connectivity index (χ1n) is 8.77. The van der Waals surface area contributed by atoms with Crippen LogP contribution in [0.4, 0.5) is 0 Å². The summed E-state index contributed by atoms with van der Waals surface area (Å²) < 4.78 is 0. The van der Waals surface area contributed by atoms with Crippen molar-refractivity contribution in [3.8, 4) is 0 Å². The van der Waals surface area contributed by atoms with Crippen molar-refractivity contribution in [1.82, 2.24) is 10.6 Å². The van der Waals surface area contributed by atoms with Crippen LogP contribution >= 0.6 is 12.2 Å². The van der Waals surface area contributed by atoms with Crippen molar-refractivity contribution in [2.75, 3.05) is 0 Å². The monoisotopic (exact) mass is 318 g/mol. The van der Waals surface area contributed by atoms with Crippen molar-refractivity contribution in [2.45, 2.75) is 77.3 Å². The highest BCUT2D eigenvalue weighted by molar-refractivity contribution is 7.80. The lowest BCUT2D eigenvalue weighted by Gasteiger charge is -2.27. The lowest BCUT2D eigenvalue weighted by molar-refractivity contribution is 0.410. The summed E-state index contributed by atoms with van der Waals surface area (Å²) in [7, 11) is 0. The average molecular weight is 319 g/mol. The number of nitrogens with one attached hydrogen (secondary N) is 2. The molecule has 1 aliphatic carbocycles. The van der Waals surface area contributed by atoms with E-state index >= 15 is 0 Å². The van der Waals surface area contributed by atoms with Crippen LogP contribution in [0.1, 0.15) is 82.4 Å². The van der Waals surface area contributed by atoms with Crippen molar-refractivity contribution in [2.24, 2.45) is 0 Å². The summed E-state index contributed by atoms with van der Waals surface area (Å²) in [5.41, 5.74) is 2.71. The van der Waals surface area contributed by atoms with Crippen molar-refractivity contribution in [1.29, 1.82) is 0 Å². The summed E-state index contributed by atoms with van der Waals surface area (Å²) in [6.45, 7) is 6.67. The molecule has 1 fully saturated rings. The Morgan fingerprint density at radius 2 is 1.68 bits per heavy atom. The molecule has 3 heteroatoms. The molecule has 0 aliphatic heterocycles. The molecule has 1 aromatic carbocycles. The van der Waals surface area contributed by atoms with Crippen LogP contribution in [0.2, 0.25) is 0 Å². The average Bonchev–Trinajstić information content (AvgIpc) is 2.53. The van der Waals surface area contributed by atoms with Crippen LogP contribution in [-0.2, 0) is 0 Å². The Kier molecular flexibility index (Phi) is 6.69. The van der Waals surface area contributed by atoms with Crippen molar-refractivity contribution in [3.05, 3.63) is 35.4 Å². The smallest absolute Gasteiger partial charge is 0.166 e. The molecule has 0 amide bonds. The van der Waals surface area contributed by atoms with Crippen LogP contribution in [0.15, 0.2) is 24.3 Å². The first kappa shape index (κ1) is 17.3. The third-order valence-corrected chi connectivity index (χ3v) is 4.90. The van der Waals surface area contributed by atoms with Gasteiger partial charge in [0, 0.05) is 6.04 Å². The van der Waals surface area contributed by atoms with Crippen molar-refractivity contribution in [3.63, 3.8) is 0 Å². The molecule has 1 atom stereocenters. The maximum absolute atomic E-state index is 5.52. The molecule has 0 heterocycles. The lowest BCUT2D eigenvalue weighted by Crippen LogP contribution is -2.43. The molecule has 0 radical (unpaired) electrons. The summed E-state index contributed by atoms with van der Waals surface area (Å²) in [4.78, 5) is 0. The van der Waals surface area contributed by atoms with E-state index in [1.165, 1.54) is 43.2 Å². The zero-order chi connectivity index (χ0) is 15.9. The Hall–Kier alpha value is -1.09. The molecule has 1 saturated carbocycles. The SMILES string of the molecule is CC[C@@H](NC(=S)NC1CCCCC1)c1ccc(C(C)C)cc1. The van der Waals surface area contributed by atoms with Crippen LogP contribution in [-0.4, -0.2) is 11.2 Å². The third kappa shape index (κ3) is 4.98. The van der Waals surface area contributed by atoms with E-state index < -0.39 is 0 Å². The highest BCUT2D eigenvalue weighted by Crippen LogP contribution is 2.21. The number of hydrogen-bond donors (Lipinski definition) is 2. The summed E-state index contributed by atoms with van der Waals surface area (Å²) >= 11 is 5.52. The second-order valence-corrected chi connectivity index (χ2v) is 7.14. The Bertz CT molecular complexity index is 461. The van der Waals surface area contributed by atoms with E-state index in [2.05, 4.69) is 55.7 Å². The summed E-state index contributed by atoms with van der Waals surface area (Å²) in [6, 6.07) is 9.81. The molecule has 122 valence electrons. The normalized spacial score (nSPS) is 17.3. The van der Waals surface area contributed by atoms with E-state index in [1.54, 1.807) is 0 Å². The predicted molar refractivity (Wildman–Crippen MR) is 99.3 cm³/mol. The van der Waals surface area contributed by atoms with Gasteiger partial charge in [-0.1, -0.05) is 64.3 Å². The largest absolute Gasteiger partial charge is 0.360 e. The van der Waals surface area contributed by atoms with Gasteiger partial charge < -0.3 is 10.6 Å². The first-order chi connectivity index (χ1) is 10.6. The molecular weight excluding hydrogens is 288 g/mol. The summed E-state index contributed by atoms with van der Waals surface area (Å²) in [6.07, 6.45) is 7.57. The van der Waals surface area contributed by atoms with Gasteiger partial charge in [-0.2, -0.15) is 0 Å². The van der Waals surface area contributed by atoms with E-state index in [-0.39, 0.29) is 0 Å². The molecule has 1 aliphatic rings. The minimum Gasteiger partial charge on any atom is -0.360 e. The fourth-order valence-electron chi connectivity index (χ4n) is 3.17. The fourth-order valence-corrected chi connectivity index (χ4v) is 3.48. The molecule has 2 N–H and O–H groups in total. The molecule has 1 aromatic rings. The van der Waals surface area contributed by atoms with Crippen LogP contribution in [0, 0.1) is 0 Å². The van der Waals surface area contributed by atoms with Gasteiger partial charge in [0.15, 0.2) is 5.11 Å². The van der Waals surface area contributed by atoms with Gasteiger partial charge in [0.1, 0.15) is 0 Å². The number of thiocarbonyl (C=S) groups is 1. The standard InChI is InChI=1S/C19H30N2S/c1-4-18(16-12-10-15(11-13-16)14(2)3)21-19(22)20-17-8-6-5-7-9-17/h10-14,17-18H,4-9H2,1-3H3,(H2,20,21,22)/t18-/m1/s1. The second kappa shape index (κ2) is 8.52. The molecule has 2 nitrogen and oxygen atoms in total. The lowest BCUT2D eigenvalue weighted by atomic mass is 9.95. The van der Waals surface area contributed by atoms with Gasteiger partial charge in [-0.3, -0.25) is 0 Å². The molecule has 2 rings (SSSR count). The zero-order valence-electron chi connectivity index (χ0n) is 14.2. The minimum atomic E-state index is 0.296. The predicted octanol–water partition coefficient (Wildman–Crippen LogP) is 5.06.